The standard InChI is InChI=1S/C11H12N6S/c1-8(11-13-3-5-18-11)6-14-9-10-16-15-7-17(10)4-2-12-9/h2-5,7-8H,6H2,1H3,(H,12,14). The minimum Gasteiger partial charge on any atom is -0.366 e. The number of nitrogens with one attached hydrogen (secondary N) is 1. The molecule has 6 nitrogen and oxygen atoms in total. The molecule has 0 aliphatic rings. The van der Waals surface area contributed by atoms with Gasteiger partial charge in [-0.1, -0.05) is 6.92 Å². The first-order valence-corrected chi connectivity index (χ1v) is 6.50. The molecule has 0 saturated carbocycles. The second-order valence-electron chi connectivity index (χ2n) is 3.99. The van der Waals surface area contributed by atoms with Crippen LogP contribution >= 0.6 is 11.3 Å². The molecule has 0 fully saturated rings. The molecule has 0 saturated heterocycles. The average Bonchev–Trinajstić information content (AvgIpc) is 3.05. The predicted molar refractivity (Wildman–Crippen MR) is 69.8 cm³/mol. The number of aromatic nitrogens is 5. The Morgan fingerprint density at radius 2 is 2.33 bits per heavy atom. The third kappa shape index (κ3) is 2.04. The highest BCUT2D eigenvalue weighted by Crippen LogP contribution is 2.18. The fourth-order valence-corrected chi connectivity index (χ4v) is 2.40. The zero-order chi connectivity index (χ0) is 12.4. The number of hydrogen-bond acceptors (Lipinski definition) is 6. The van der Waals surface area contributed by atoms with Gasteiger partial charge in [-0.05, 0) is 0 Å². The van der Waals surface area contributed by atoms with Crippen LogP contribution in [0.25, 0.3) is 5.65 Å². The summed E-state index contributed by atoms with van der Waals surface area (Å²) in [5.74, 6) is 1.09. The fraction of sp³-hybridized carbons (Fsp3) is 0.273. The fourth-order valence-electron chi connectivity index (χ4n) is 1.70. The molecule has 92 valence electrons. The van der Waals surface area contributed by atoms with Crippen LogP contribution in [0.1, 0.15) is 17.8 Å². The summed E-state index contributed by atoms with van der Waals surface area (Å²) in [6.45, 7) is 2.91. The van der Waals surface area contributed by atoms with Gasteiger partial charge in [0.25, 0.3) is 0 Å². The predicted octanol–water partition coefficient (Wildman–Crippen LogP) is 1.80. The van der Waals surface area contributed by atoms with Crippen LogP contribution in [-0.4, -0.2) is 31.1 Å². The number of fused-ring (bicyclic) bond motifs is 1. The Hall–Kier alpha value is -2.02. The smallest absolute Gasteiger partial charge is 0.203 e. The number of thiazole rings is 1. The Morgan fingerprint density at radius 3 is 3.17 bits per heavy atom. The van der Waals surface area contributed by atoms with E-state index in [2.05, 4.69) is 32.4 Å². The van der Waals surface area contributed by atoms with Crippen LogP contribution in [0, 0.1) is 0 Å². The van der Waals surface area contributed by atoms with Crippen molar-refractivity contribution in [1.82, 2.24) is 24.6 Å². The molecule has 1 N–H and O–H groups in total. The van der Waals surface area contributed by atoms with Crippen molar-refractivity contribution >= 4 is 22.8 Å². The molecular formula is C11H12N6S. The molecule has 18 heavy (non-hydrogen) atoms. The van der Waals surface area contributed by atoms with Crippen molar-refractivity contribution in [2.24, 2.45) is 0 Å². The molecule has 3 aromatic rings. The Morgan fingerprint density at radius 1 is 1.39 bits per heavy atom. The van der Waals surface area contributed by atoms with Gasteiger partial charge in [-0.15, -0.1) is 21.5 Å². The third-order valence-corrected chi connectivity index (χ3v) is 3.67. The van der Waals surface area contributed by atoms with Gasteiger partial charge in [-0.3, -0.25) is 4.40 Å². The number of hydrogen-bond donors (Lipinski definition) is 1. The van der Waals surface area contributed by atoms with Gasteiger partial charge in [-0.25, -0.2) is 9.97 Å². The maximum Gasteiger partial charge on any atom is 0.203 e. The highest BCUT2D eigenvalue weighted by atomic mass is 32.1. The highest BCUT2D eigenvalue weighted by molar-refractivity contribution is 7.09. The minimum atomic E-state index is 0.343. The molecule has 0 amide bonds. The highest BCUT2D eigenvalue weighted by Gasteiger charge is 2.10. The van der Waals surface area contributed by atoms with E-state index in [1.54, 1.807) is 23.9 Å². The Bertz CT molecular complexity index is 632. The first-order valence-electron chi connectivity index (χ1n) is 5.62. The van der Waals surface area contributed by atoms with Gasteiger partial charge in [0.2, 0.25) is 5.65 Å². The van der Waals surface area contributed by atoms with E-state index < -0.39 is 0 Å². The zero-order valence-electron chi connectivity index (χ0n) is 9.82. The largest absolute Gasteiger partial charge is 0.366 e. The lowest BCUT2D eigenvalue weighted by molar-refractivity contribution is 0.791. The van der Waals surface area contributed by atoms with Crippen molar-refractivity contribution in [3.05, 3.63) is 35.3 Å². The lowest BCUT2D eigenvalue weighted by atomic mass is 10.2. The number of nitrogens with zero attached hydrogens (tertiary/aromatic N) is 5. The van der Waals surface area contributed by atoms with Crippen molar-refractivity contribution in [3.8, 4) is 0 Å². The van der Waals surface area contributed by atoms with E-state index in [1.807, 2.05) is 22.2 Å². The number of anilines is 1. The van der Waals surface area contributed by atoms with Gasteiger partial charge in [-0.2, -0.15) is 0 Å². The van der Waals surface area contributed by atoms with Crippen LogP contribution in [0.15, 0.2) is 30.3 Å². The lowest BCUT2D eigenvalue weighted by Crippen LogP contribution is -2.11. The molecule has 0 radical (unpaired) electrons. The summed E-state index contributed by atoms with van der Waals surface area (Å²) in [4.78, 5) is 8.59. The molecule has 1 unspecified atom stereocenters. The van der Waals surface area contributed by atoms with E-state index in [0.717, 1.165) is 23.0 Å². The van der Waals surface area contributed by atoms with Crippen LogP contribution in [0.3, 0.4) is 0 Å². The maximum atomic E-state index is 4.31. The van der Waals surface area contributed by atoms with E-state index in [4.69, 9.17) is 0 Å². The third-order valence-electron chi connectivity index (χ3n) is 2.66. The van der Waals surface area contributed by atoms with Crippen LogP contribution in [0.4, 0.5) is 5.82 Å². The first-order chi connectivity index (χ1) is 8.84. The second kappa shape index (κ2) is 4.69. The van der Waals surface area contributed by atoms with Crippen molar-refractivity contribution < 1.29 is 0 Å². The summed E-state index contributed by atoms with van der Waals surface area (Å²) >= 11 is 1.67. The van der Waals surface area contributed by atoms with Crippen LogP contribution in [-0.2, 0) is 0 Å². The van der Waals surface area contributed by atoms with E-state index in [9.17, 15) is 0 Å². The molecule has 0 aliphatic carbocycles. The molecule has 0 bridgehead atoms. The monoisotopic (exact) mass is 260 g/mol. The summed E-state index contributed by atoms with van der Waals surface area (Å²) in [5, 5.41) is 14.3. The average molecular weight is 260 g/mol. The molecule has 1 atom stereocenters. The summed E-state index contributed by atoms with van der Waals surface area (Å²) in [6.07, 6.45) is 7.04. The van der Waals surface area contributed by atoms with Gasteiger partial charge in [0.15, 0.2) is 5.82 Å². The topological polar surface area (TPSA) is 68.0 Å². The van der Waals surface area contributed by atoms with Crippen LogP contribution in [0.2, 0.25) is 0 Å². The molecule has 3 aromatic heterocycles. The normalized spacial score (nSPS) is 12.7. The Balaban J connectivity index is 1.75. The van der Waals surface area contributed by atoms with Gasteiger partial charge < -0.3 is 5.32 Å². The lowest BCUT2D eigenvalue weighted by Gasteiger charge is -2.10. The summed E-state index contributed by atoms with van der Waals surface area (Å²) in [7, 11) is 0. The maximum absolute atomic E-state index is 4.31. The van der Waals surface area contributed by atoms with Gasteiger partial charge in [0.05, 0.1) is 5.01 Å². The van der Waals surface area contributed by atoms with Crippen molar-refractivity contribution in [2.45, 2.75) is 12.8 Å². The molecule has 0 aliphatic heterocycles. The number of rotatable bonds is 4. The molecule has 0 aromatic carbocycles. The molecular weight excluding hydrogens is 248 g/mol. The minimum absolute atomic E-state index is 0.343. The SMILES string of the molecule is CC(CNc1nccn2cnnc12)c1nccs1. The van der Waals surface area contributed by atoms with E-state index in [0.29, 0.717) is 5.92 Å². The van der Waals surface area contributed by atoms with E-state index in [-0.39, 0.29) is 0 Å². The zero-order valence-corrected chi connectivity index (χ0v) is 10.6. The summed E-state index contributed by atoms with van der Waals surface area (Å²) in [5.41, 5.74) is 0.740. The summed E-state index contributed by atoms with van der Waals surface area (Å²) < 4.78 is 1.84. The van der Waals surface area contributed by atoms with Crippen molar-refractivity contribution in [3.63, 3.8) is 0 Å². The van der Waals surface area contributed by atoms with Crippen molar-refractivity contribution in [2.75, 3.05) is 11.9 Å². The first kappa shape index (κ1) is 11.1. The van der Waals surface area contributed by atoms with Gasteiger partial charge >= 0.3 is 0 Å². The van der Waals surface area contributed by atoms with Gasteiger partial charge in [0.1, 0.15) is 6.33 Å². The molecule has 3 heterocycles. The molecule has 7 heteroatoms. The van der Waals surface area contributed by atoms with Gasteiger partial charge in [0, 0.05) is 36.4 Å². The Kier molecular flexibility index (Phi) is 2.89. The van der Waals surface area contributed by atoms with E-state index in [1.165, 1.54) is 0 Å². The quantitative estimate of drug-likeness (QED) is 0.774. The molecule has 0 spiro atoms. The Labute approximate surface area is 108 Å². The van der Waals surface area contributed by atoms with Crippen LogP contribution < -0.4 is 5.32 Å². The summed E-state index contributed by atoms with van der Waals surface area (Å²) in [6, 6.07) is 0. The van der Waals surface area contributed by atoms with Crippen molar-refractivity contribution in [1.29, 1.82) is 0 Å². The second-order valence-corrected chi connectivity index (χ2v) is 4.92. The van der Waals surface area contributed by atoms with E-state index >= 15 is 0 Å². The van der Waals surface area contributed by atoms with Crippen LogP contribution in [0.5, 0.6) is 0 Å². The molecule has 3 rings (SSSR count).